The third-order valence-electron chi connectivity index (χ3n) is 1.59. The van der Waals surface area contributed by atoms with Gasteiger partial charge in [-0.1, -0.05) is 0 Å². The zero-order chi connectivity index (χ0) is 10.4. The predicted molar refractivity (Wildman–Crippen MR) is 60.8 cm³/mol. The minimum atomic E-state index is 0.160. The van der Waals surface area contributed by atoms with Crippen molar-refractivity contribution in [2.45, 2.75) is 13.8 Å². The van der Waals surface area contributed by atoms with Crippen molar-refractivity contribution in [1.82, 2.24) is 0 Å². The molecule has 0 heterocycles. The number of allylic oxidation sites excluding steroid dienone is 2. The minimum absolute atomic E-state index is 0.160. The van der Waals surface area contributed by atoms with Crippen molar-refractivity contribution in [3.63, 3.8) is 0 Å². The van der Waals surface area contributed by atoms with E-state index < -0.39 is 0 Å². The summed E-state index contributed by atoms with van der Waals surface area (Å²) in [7, 11) is 0. The van der Waals surface area contributed by atoms with Crippen LogP contribution in [0.25, 0.3) is 0 Å². The van der Waals surface area contributed by atoms with Gasteiger partial charge in [0.15, 0.2) is 0 Å². The fraction of sp³-hybridized carbons (Fsp3) is 0.250. The first kappa shape index (κ1) is 11.2. The van der Waals surface area contributed by atoms with E-state index in [1.165, 1.54) is 4.46 Å². The van der Waals surface area contributed by atoms with Gasteiger partial charge < -0.3 is 0 Å². The van der Waals surface area contributed by atoms with Crippen LogP contribution in [0.3, 0.4) is 0 Å². The summed E-state index contributed by atoms with van der Waals surface area (Å²) >= 11 is 0.160. The van der Waals surface area contributed by atoms with Crippen LogP contribution in [0.2, 0.25) is 0 Å². The van der Waals surface area contributed by atoms with E-state index in [4.69, 9.17) is 0 Å². The second-order valence-corrected chi connectivity index (χ2v) is 5.75. The summed E-state index contributed by atoms with van der Waals surface area (Å²) in [6, 6.07) is 10.1. The van der Waals surface area contributed by atoms with Crippen LogP contribution in [-0.2, 0) is 4.79 Å². The van der Waals surface area contributed by atoms with Crippen molar-refractivity contribution >= 4 is 25.7 Å². The zero-order valence-electron chi connectivity index (χ0n) is 8.44. The van der Waals surface area contributed by atoms with Gasteiger partial charge in [-0.25, -0.2) is 0 Å². The van der Waals surface area contributed by atoms with Crippen LogP contribution < -0.4 is 4.46 Å². The maximum atomic E-state index is 10.8. The van der Waals surface area contributed by atoms with Gasteiger partial charge >= 0.3 is 91.1 Å². The molecule has 0 aliphatic heterocycles. The molecule has 1 rings (SSSR count). The van der Waals surface area contributed by atoms with E-state index in [1.54, 1.807) is 0 Å². The van der Waals surface area contributed by atoms with Gasteiger partial charge in [0.1, 0.15) is 0 Å². The van der Waals surface area contributed by atoms with E-state index in [0.29, 0.717) is 5.92 Å². The molecule has 0 aliphatic carbocycles. The average Bonchev–Trinajstić information content (AvgIpc) is 2.17. The molecule has 0 saturated carbocycles. The monoisotopic (exact) mass is 254 g/mol. The molecule has 1 aromatic rings. The Balaban J connectivity index is 2.71. The summed E-state index contributed by atoms with van der Waals surface area (Å²) in [5, 5.41) is 0. The number of aldehydes is 1. The Bertz CT molecular complexity index is 314. The van der Waals surface area contributed by atoms with E-state index in [9.17, 15) is 4.79 Å². The zero-order valence-corrected chi connectivity index (χ0v) is 10.1. The molecule has 0 atom stereocenters. The van der Waals surface area contributed by atoms with Gasteiger partial charge in [-0.05, 0) is 0 Å². The molecule has 0 spiro atoms. The Morgan fingerprint density at radius 1 is 1.29 bits per heavy atom. The molecular weight excluding hydrogens is 239 g/mol. The molecule has 1 aromatic carbocycles. The average molecular weight is 253 g/mol. The Morgan fingerprint density at radius 2 is 1.93 bits per heavy atom. The fourth-order valence-electron chi connectivity index (χ4n) is 1.05. The second kappa shape index (κ2) is 5.79. The molecule has 0 bridgehead atoms. The summed E-state index contributed by atoms with van der Waals surface area (Å²) in [5.74, 6) is 0.445. The first-order chi connectivity index (χ1) is 6.72. The molecule has 1 nitrogen and oxygen atoms in total. The number of carbonyl (C=O) groups excluding carboxylic acids is 1. The van der Waals surface area contributed by atoms with Crippen LogP contribution in [0, 0.1) is 5.92 Å². The normalized spacial score (nSPS) is 11.8. The van der Waals surface area contributed by atoms with E-state index in [-0.39, 0.29) is 15.0 Å². The Kier molecular flexibility index (Phi) is 4.64. The Labute approximate surface area is 91.4 Å². The number of benzene rings is 1. The molecule has 0 fully saturated rings. The maximum absolute atomic E-state index is 10.8. The van der Waals surface area contributed by atoms with Crippen LogP contribution in [0.4, 0.5) is 0 Å². The third kappa shape index (κ3) is 3.91. The molecule has 0 N–H and O–H groups in total. The summed E-state index contributed by atoms with van der Waals surface area (Å²) in [5.41, 5.74) is 0. The first-order valence-corrected chi connectivity index (χ1v) is 6.33. The second-order valence-electron chi connectivity index (χ2n) is 3.35. The van der Waals surface area contributed by atoms with E-state index in [2.05, 4.69) is 26.0 Å². The van der Waals surface area contributed by atoms with E-state index >= 15 is 0 Å². The summed E-state index contributed by atoms with van der Waals surface area (Å²) in [6.45, 7) is 4.18. The van der Waals surface area contributed by atoms with Crippen molar-refractivity contribution in [2.24, 2.45) is 5.92 Å². The molecule has 0 amide bonds. The molecule has 2 heteroatoms. The molecule has 0 saturated heterocycles. The molecule has 0 aromatic heterocycles. The molecule has 0 aliphatic rings. The van der Waals surface area contributed by atoms with Gasteiger partial charge in [0, 0.05) is 0 Å². The van der Waals surface area contributed by atoms with Crippen LogP contribution in [0.1, 0.15) is 13.8 Å². The van der Waals surface area contributed by atoms with Crippen molar-refractivity contribution in [1.29, 1.82) is 0 Å². The van der Waals surface area contributed by atoms with Crippen molar-refractivity contribution in [2.75, 3.05) is 0 Å². The van der Waals surface area contributed by atoms with E-state index in [1.807, 2.05) is 24.3 Å². The Morgan fingerprint density at radius 3 is 2.43 bits per heavy atom. The van der Waals surface area contributed by atoms with Gasteiger partial charge in [0.25, 0.3) is 0 Å². The van der Waals surface area contributed by atoms with Crippen LogP contribution in [-0.4, -0.2) is 21.2 Å². The SMILES string of the molecule is CC(C)C=C(C=O)[Se]c1ccccc1. The summed E-state index contributed by atoms with van der Waals surface area (Å²) in [6.07, 6.45) is 3.02. The van der Waals surface area contributed by atoms with Gasteiger partial charge in [-0.2, -0.15) is 0 Å². The van der Waals surface area contributed by atoms with Crippen molar-refractivity contribution in [3.05, 3.63) is 40.9 Å². The van der Waals surface area contributed by atoms with Crippen molar-refractivity contribution < 1.29 is 4.79 Å². The van der Waals surface area contributed by atoms with E-state index in [0.717, 1.165) is 10.8 Å². The number of carbonyl (C=O) groups is 1. The summed E-state index contributed by atoms with van der Waals surface area (Å²) < 4.78 is 2.18. The molecule has 74 valence electrons. The number of rotatable bonds is 4. The predicted octanol–water partition coefficient (Wildman–Crippen LogP) is 1.75. The quantitative estimate of drug-likeness (QED) is 0.454. The number of hydrogen-bond donors (Lipinski definition) is 0. The van der Waals surface area contributed by atoms with Crippen LogP contribution in [0.5, 0.6) is 0 Å². The Hall–Kier alpha value is -0.851. The fourth-order valence-corrected chi connectivity index (χ4v) is 3.05. The van der Waals surface area contributed by atoms with Crippen molar-refractivity contribution in [3.8, 4) is 0 Å². The third-order valence-corrected chi connectivity index (χ3v) is 3.64. The van der Waals surface area contributed by atoms with Gasteiger partial charge in [-0.15, -0.1) is 0 Å². The topological polar surface area (TPSA) is 17.1 Å². The van der Waals surface area contributed by atoms with Crippen LogP contribution in [0.15, 0.2) is 40.9 Å². The molecular formula is C12H14OSe. The van der Waals surface area contributed by atoms with Crippen LogP contribution >= 0.6 is 0 Å². The number of hydrogen-bond acceptors (Lipinski definition) is 1. The summed E-state index contributed by atoms with van der Waals surface area (Å²) in [4.78, 5) is 10.8. The molecule has 0 radical (unpaired) electrons. The van der Waals surface area contributed by atoms with Gasteiger partial charge in [0.2, 0.25) is 0 Å². The van der Waals surface area contributed by atoms with Gasteiger partial charge in [0.05, 0.1) is 0 Å². The molecule has 14 heavy (non-hydrogen) atoms. The standard InChI is InChI=1S/C12H14OSe/c1-10(2)8-12(9-13)14-11-6-4-3-5-7-11/h3-10H,1-2H3. The molecule has 0 unspecified atom stereocenters. The van der Waals surface area contributed by atoms with Gasteiger partial charge in [-0.3, -0.25) is 0 Å². The first-order valence-electron chi connectivity index (χ1n) is 4.62.